The molecule has 0 aromatic heterocycles. The number of hydrogen-bond acceptors (Lipinski definition) is 1. The lowest BCUT2D eigenvalue weighted by Gasteiger charge is -2.59. The summed E-state index contributed by atoms with van der Waals surface area (Å²) in [6, 6.07) is 0. The van der Waals surface area contributed by atoms with Gasteiger partial charge in [-0.05, 0) is 30.1 Å². The fourth-order valence-corrected chi connectivity index (χ4v) is 2.86. The summed E-state index contributed by atoms with van der Waals surface area (Å²) in [4.78, 5) is 0. The summed E-state index contributed by atoms with van der Waals surface area (Å²) in [7, 11) is 0. The maximum Gasteiger partial charge on any atom is 0.0611 e. The predicted molar refractivity (Wildman–Crippen MR) is 45.1 cm³/mol. The summed E-state index contributed by atoms with van der Waals surface area (Å²) in [5.41, 5.74) is 1.60. The van der Waals surface area contributed by atoms with Crippen molar-refractivity contribution in [1.82, 2.24) is 0 Å². The van der Waals surface area contributed by atoms with Gasteiger partial charge >= 0.3 is 0 Å². The monoisotopic (exact) mass is 152 g/mol. The van der Waals surface area contributed by atoms with Gasteiger partial charge in [-0.2, -0.15) is 0 Å². The van der Waals surface area contributed by atoms with Crippen LogP contribution < -0.4 is 0 Å². The van der Waals surface area contributed by atoms with E-state index >= 15 is 0 Å². The Labute approximate surface area is 68.1 Å². The van der Waals surface area contributed by atoms with Gasteiger partial charge in [0.1, 0.15) is 0 Å². The number of hydrogen-bond donors (Lipinski definition) is 1. The van der Waals surface area contributed by atoms with E-state index in [9.17, 15) is 5.11 Å². The smallest absolute Gasteiger partial charge is 0.0611 e. The molecular formula is C10H16O. The van der Waals surface area contributed by atoms with Gasteiger partial charge in [0.05, 0.1) is 6.10 Å². The average Bonchev–Trinajstić information content (AvgIpc) is 1.84. The van der Waals surface area contributed by atoms with E-state index < -0.39 is 0 Å². The molecule has 3 fully saturated rings. The molecule has 0 spiro atoms. The Balaban J connectivity index is 2.26. The Morgan fingerprint density at radius 1 is 1.55 bits per heavy atom. The molecule has 0 amide bonds. The van der Waals surface area contributed by atoms with Crippen LogP contribution in [0.4, 0.5) is 0 Å². The molecule has 0 radical (unpaired) electrons. The first kappa shape index (κ1) is 7.35. The predicted octanol–water partition coefficient (Wildman–Crippen LogP) is 1.97. The maximum atomic E-state index is 9.66. The van der Waals surface area contributed by atoms with Crippen molar-refractivity contribution in [2.45, 2.75) is 32.8 Å². The van der Waals surface area contributed by atoms with Gasteiger partial charge in [-0.25, -0.2) is 0 Å². The van der Waals surface area contributed by atoms with Crippen LogP contribution in [0.5, 0.6) is 0 Å². The zero-order valence-corrected chi connectivity index (χ0v) is 7.30. The molecule has 0 saturated heterocycles. The van der Waals surface area contributed by atoms with Crippen molar-refractivity contribution in [2.75, 3.05) is 0 Å². The van der Waals surface area contributed by atoms with E-state index in [0.717, 1.165) is 6.42 Å². The number of fused-ring (bicyclic) bond motifs is 2. The topological polar surface area (TPSA) is 20.2 Å². The molecule has 1 N–H and O–H groups in total. The Bertz CT molecular complexity index is 205. The van der Waals surface area contributed by atoms with E-state index in [0.29, 0.717) is 17.3 Å². The standard InChI is InChI=1S/C10H16O/c1-6-4-9(11)8-5-7(6)10(8,2)3/h7-9,11H,1,4-5H2,2-3H3/t7-,8+,9?/m0/s1. The van der Waals surface area contributed by atoms with E-state index in [1.54, 1.807) is 0 Å². The van der Waals surface area contributed by atoms with Gasteiger partial charge in [0, 0.05) is 0 Å². The van der Waals surface area contributed by atoms with Crippen molar-refractivity contribution in [3.05, 3.63) is 12.2 Å². The minimum Gasteiger partial charge on any atom is -0.392 e. The molecule has 3 rings (SSSR count). The van der Waals surface area contributed by atoms with Crippen molar-refractivity contribution >= 4 is 0 Å². The van der Waals surface area contributed by atoms with Crippen molar-refractivity contribution in [2.24, 2.45) is 17.3 Å². The highest BCUT2D eigenvalue weighted by molar-refractivity contribution is 5.21. The van der Waals surface area contributed by atoms with Gasteiger partial charge in [-0.1, -0.05) is 26.0 Å². The van der Waals surface area contributed by atoms with Crippen molar-refractivity contribution in [1.29, 1.82) is 0 Å². The van der Waals surface area contributed by atoms with Crippen LogP contribution in [0.25, 0.3) is 0 Å². The SMILES string of the molecule is C=C1CC(O)[C@H]2C[C@@H]1C2(C)C. The molecule has 3 aliphatic rings. The lowest BCUT2D eigenvalue weighted by atomic mass is 9.46. The molecule has 2 bridgehead atoms. The van der Waals surface area contributed by atoms with Crippen LogP contribution in [-0.4, -0.2) is 11.2 Å². The molecule has 3 aliphatic carbocycles. The number of rotatable bonds is 0. The molecule has 1 unspecified atom stereocenters. The third-order valence-corrected chi connectivity index (χ3v) is 3.77. The summed E-state index contributed by atoms with van der Waals surface area (Å²) in [5.74, 6) is 1.23. The lowest BCUT2D eigenvalue weighted by Crippen LogP contribution is -2.55. The van der Waals surface area contributed by atoms with E-state index in [1.807, 2.05) is 0 Å². The lowest BCUT2D eigenvalue weighted by molar-refractivity contribution is -0.108. The maximum absolute atomic E-state index is 9.66. The summed E-state index contributed by atoms with van der Waals surface area (Å²) < 4.78 is 0. The fourth-order valence-electron chi connectivity index (χ4n) is 2.86. The van der Waals surface area contributed by atoms with E-state index in [1.165, 1.54) is 12.0 Å². The molecule has 11 heavy (non-hydrogen) atoms. The summed E-state index contributed by atoms with van der Waals surface area (Å²) >= 11 is 0. The van der Waals surface area contributed by atoms with Crippen molar-refractivity contribution in [3.8, 4) is 0 Å². The van der Waals surface area contributed by atoms with Gasteiger partial charge in [0.25, 0.3) is 0 Å². The van der Waals surface area contributed by atoms with Crippen molar-refractivity contribution < 1.29 is 5.11 Å². The molecule has 0 aromatic rings. The van der Waals surface area contributed by atoms with Crippen LogP contribution in [-0.2, 0) is 0 Å². The van der Waals surface area contributed by atoms with E-state index in [-0.39, 0.29) is 6.10 Å². The first-order valence-corrected chi connectivity index (χ1v) is 4.39. The minimum absolute atomic E-state index is 0.109. The third-order valence-electron chi connectivity index (χ3n) is 3.77. The zero-order valence-electron chi connectivity index (χ0n) is 7.30. The van der Waals surface area contributed by atoms with Crippen LogP contribution in [0.2, 0.25) is 0 Å². The normalized spacial score (nSPS) is 46.8. The Morgan fingerprint density at radius 2 is 2.18 bits per heavy atom. The van der Waals surface area contributed by atoms with Gasteiger partial charge in [-0.3, -0.25) is 0 Å². The summed E-state index contributed by atoms with van der Waals surface area (Å²) in [5, 5.41) is 9.66. The molecule has 62 valence electrons. The van der Waals surface area contributed by atoms with Crippen LogP contribution in [0.3, 0.4) is 0 Å². The third kappa shape index (κ3) is 0.750. The summed E-state index contributed by atoms with van der Waals surface area (Å²) in [6.07, 6.45) is 1.91. The second kappa shape index (κ2) is 1.89. The zero-order chi connectivity index (χ0) is 8.22. The molecule has 3 saturated carbocycles. The van der Waals surface area contributed by atoms with Gasteiger partial charge in [0.15, 0.2) is 0 Å². The highest BCUT2D eigenvalue weighted by Crippen LogP contribution is 2.60. The van der Waals surface area contributed by atoms with Gasteiger partial charge in [-0.15, -0.1) is 0 Å². The molecule has 0 aliphatic heterocycles. The van der Waals surface area contributed by atoms with Gasteiger partial charge in [0.2, 0.25) is 0 Å². The van der Waals surface area contributed by atoms with E-state index in [4.69, 9.17) is 0 Å². The van der Waals surface area contributed by atoms with Crippen molar-refractivity contribution in [3.63, 3.8) is 0 Å². The average molecular weight is 152 g/mol. The minimum atomic E-state index is -0.109. The molecule has 1 nitrogen and oxygen atoms in total. The van der Waals surface area contributed by atoms with E-state index in [2.05, 4.69) is 20.4 Å². The molecular weight excluding hydrogens is 136 g/mol. The first-order chi connectivity index (χ1) is 5.03. The molecule has 1 heteroatoms. The highest BCUT2D eigenvalue weighted by Gasteiger charge is 2.55. The fraction of sp³-hybridized carbons (Fsp3) is 0.800. The molecule has 0 aromatic carbocycles. The Kier molecular flexibility index (Phi) is 1.26. The van der Waals surface area contributed by atoms with Gasteiger partial charge < -0.3 is 5.11 Å². The molecule has 3 atom stereocenters. The number of aliphatic hydroxyl groups excluding tert-OH is 1. The van der Waals surface area contributed by atoms with Crippen LogP contribution in [0.15, 0.2) is 12.2 Å². The Hall–Kier alpha value is -0.300. The summed E-state index contributed by atoms with van der Waals surface area (Å²) in [6.45, 7) is 8.52. The first-order valence-electron chi connectivity index (χ1n) is 4.39. The second-order valence-electron chi connectivity index (χ2n) is 4.65. The van der Waals surface area contributed by atoms with Crippen LogP contribution >= 0.6 is 0 Å². The Morgan fingerprint density at radius 3 is 2.55 bits per heavy atom. The quantitative estimate of drug-likeness (QED) is 0.526. The molecule has 0 heterocycles. The largest absolute Gasteiger partial charge is 0.392 e. The second-order valence-corrected chi connectivity index (χ2v) is 4.65. The van der Waals surface area contributed by atoms with Crippen LogP contribution in [0, 0.1) is 17.3 Å². The highest BCUT2D eigenvalue weighted by atomic mass is 16.3. The number of aliphatic hydroxyl groups is 1. The van der Waals surface area contributed by atoms with Crippen LogP contribution in [0.1, 0.15) is 26.7 Å².